The van der Waals surface area contributed by atoms with Crippen LogP contribution in [-0.4, -0.2) is 18.3 Å². The van der Waals surface area contributed by atoms with Crippen molar-refractivity contribution in [3.63, 3.8) is 0 Å². The number of aromatic hydroxyl groups is 1. The Balaban J connectivity index is 3.27. The highest BCUT2D eigenvalue weighted by atomic mass is 35.5. The second-order valence-electron chi connectivity index (χ2n) is 3.69. The summed E-state index contributed by atoms with van der Waals surface area (Å²) in [5, 5.41) is 10.5. The zero-order chi connectivity index (χ0) is 11.6. The van der Waals surface area contributed by atoms with Crippen LogP contribution in [0.5, 0.6) is 11.5 Å². The van der Waals surface area contributed by atoms with Crippen molar-refractivity contribution >= 4 is 11.6 Å². The summed E-state index contributed by atoms with van der Waals surface area (Å²) in [6.45, 7) is 3.74. The van der Waals surface area contributed by atoms with Crippen molar-refractivity contribution in [1.29, 1.82) is 0 Å². The van der Waals surface area contributed by atoms with Crippen LogP contribution in [0.3, 0.4) is 0 Å². The fourth-order valence-corrected chi connectivity index (χ4v) is 1.70. The number of phenolic OH excluding ortho intramolecular Hbond substituents is 1. The fourth-order valence-electron chi connectivity index (χ4n) is 1.49. The minimum Gasteiger partial charge on any atom is -0.504 e. The summed E-state index contributed by atoms with van der Waals surface area (Å²) in [7, 11) is 1.50. The van der Waals surface area contributed by atoms with Gasteiger partial charge in [0.15, 0.2) is 11.5 Å². The third-order valence-corrected chi connectivity index (χ3v) is 2.73. The predicted octanol–water partition coefficient (Wildman–Crippen LogP) is 2.25. The Kier molecular flexibility index (Phi) is 3.83. The molecule has 0 aliphatic rings. The Morgan fingerprint density at radius 1 is 1.60 bits per heavy atom. The van der Waals surface area contributed by atoms with Crippen LogP contribution in [0, 0.1) is 6.92 Å². The van der Waals surface area contributed by atoms with Gasteiger partial charge in [0.1, 0.15) is 0 Å². The number of phenols is 1. The molecule has 0 bridgehead atoms. The van der Waals surface area contributed by atoms with E-state index in [2.05, 4.69) is 0 Å². The zero-order valence-corrected chi connectivity index (χ0v) is 9.93. The van der Waals surface area contributed by atoms with Crippen molar-refractivity contribution in [1.82, 2.24) is 0 Å². The molecular weight excluding hydrogens is 214 g/mol. The molecule has 0 heterocycles. The highest BCUT2D eigenvalue weighted by Crippen LogP contribution is 2.37. The molecule has 0 saturated carbocycles. The van der Waals surface area contributed by atoms with E-state index in [9.17, 15) is 5.11 Å². The quantitative estimate of drug-likeness (QED) is 0.836. The van der Waals surface area contributed by atoms with Crippen molar-refractivity contribution in [3.05, 3.63) is 22.2 Å². The highest BCUT2D eigenvalue weighted by Gasteiger charge is 2.15. The largest absolute Gasteiger partial charge is 0.504 e. The molecule has 0 aliphatic carbocycles. The van der Waals surface area contributed by atoms with E-state index in [-0.39, 0.29) is 11.8 Å². The average molecular weight is 230 g/mol. The Morgan fingerprint density at radius 3 is 2.67 bits per heavy atom. The lowest BCUT2D eigenvalue weighted by molar-refractivity contribution is 0.369. The van der Waals surface area contributed by atoms with Crippen LogP contribution in [0.1, 0.15) is 18.1 Å². The lowest BCUT2D eigenvalue weighted by Gasteiger charge is -2.15. The molecule has 0 fully saturated rings. The van der Waals surface area contributed by atoms with Gasteiger partial charge in [0.25, 0.3) is 0 Å². The van der Waals surface area contributed by atoms with Crippen molar-refractivity contribution in [2.24, 2.45) is 5.73 Å². The van der Waals surface area contributed by atoms with Gasteiger partial charge in [-0.25, -0.2) is 0 Å². The van der Waals surface area contributed by atoms with Gasteiger partial charge < -0.3 is 15.6 Å². The Hall–Kier alpha value is -0.930. The number of methoxy groups -OCH3 is 1. The summed E-state index contributed by atoms with van der Waals surface area (Å²) in [6.07, 6.45) is 0.578. The molecule has 1 aromatic rings. The number of benzene rings is 1. The Bertz CT molecular complexity index is 364. The van der Waals surface area contributed by atoms with Gasteiger partial charge in [-0.15, -0.1) is 0 Å². The molecule has 15 heavy (non-hydrogen) atoms. The first kappa shape index (κ1) is 12.1. The summed E-state index contributed by atoms with van der Waals surface area (Å²) < 4.78 is 5.03. The maximum absolute atomic E-state index is 9.90. The van der Waals surface area contributed by atoms with E-state index in [1.54, 1.807) is 6.07 Å². The summed E-state index contributed by atoms with van der Waals surface area (Å²) in [5.74, 6) is 0.526. The molecule has 3 N–H and O–H groups in total. The molecule has 0 radical (unpaired) electrons. The lowest BCUT2D eigenvalue weighted by atomic mass is 10.0. The Labute approximate surface area is 94.8 Å². The van der Waals surface area contributed by atoms with E-state index in [0.717, 1.165) is 11.1 Å². The van der Waals surface area contributed by atoms with E-state index in [0.29, 0.717) is 17.2 Å². The van der Waals surface area contributed by atoms with E-state index in [1.165, 1.54) is 7.11 Å². The molecule has 0 saturated heterocycles. The van der Waals surface area contributed by atoms with E-state index >= 15 is 0 Å². The van der Waals surface area contributed by atoms with Crippen molar-refractivity contribution in [2.75, 3.05) is 7.11 Å². The van der Waals surface area contributed by atoms with Crippen LogP contribution in [0.15, 0.2) is 6.07 Å². The first-order chi connectivity index (χ1) is 6.97. The van der Waals surface area contributed by atoms with E-state index < -0.39 is 0 Å². The van der Waals surface area contributed by atoms with Crippen LogP contribution in [0.25, 0.3) is 0 Å². The maximum Gasteiger partial charge on any atom is 0.162 e. The summed E-state index contributed by atoms with van der Waals surface area (Å²) in [6, 6.07) is 1.58. The van der Waals surface area contributed by atoms with Gasteiger partial charge in [-0.2, -0.15) is 0 Å². The van der Waals surface area contributed by atoms with E-state index in [1.807, 2.05) is 13.8 Å². The fraction of sp³-hybridized carbons (Fsp3) is 0.455. The maximum atomic E-state index is 9.90. The van der Waals surface area contributed by atoms with Gasteiger partial charge in [0, 0.05) is 22.7 Å². The first-order valence-electron chi connectivity index (χ1n) is 4.77. The third-order valence-electron chi connectivity index (χ3n) is 2.33. The number of ether oxygens (including phenoxy) is 1. The summed E-state index contributed by atoms with van der Waals surface area (Å²) in [5.41, 5.74) is 7.32. The normalized spacial score (nSPS) is 12.6. The number of halogens is 1. The standard InChI is InChI=1S/C11H16ClNO2/c1-6(13)4-8-7(2)9(12)5-10(15-3)11(8)14/h5-6,14H,4,13H2,1-3H3. The molecule has 1 atom stereocenters. The minimum atomic E-state index is -0.0298. The number of nitrogens with two attached hydrogens (primary N) is 1. The third kappa shape index (κ3) is 2.55. The summed E-state index contributed by atoms with van der Waals surface area (Å²) >= 11 is 6.02. The number of hydrogen-bond donors (Lipinski definition) is 2. The van der Waals surface area contributed by atoms with Crippen LogP contribution < -0.4 is 10.5 Å². The second kappa shape index (κ2) is 4.73. The van der Waals surface area contributed by atoms with Crippen molar-refractivity contribution in [2.45, 2.75) is 26.3 Å². The minimum absolute atomic E-state index is 0.0298. The second-order valence-corrected chi connectivity index (χ2v) is 4.10. The van der Waals surface area contributed by atoms with Gasteiger partial charge in [0.2, 0.25) is 0 Å². The molecular formula is C11H16ClNO2. The predicted molar refractivity (Wildman–Crippen MR) is 61.8 cm³/mol. The number of rotatable bonds is 3. The monoisotopic (exact) mass is 229 g/mol. The van der Waals surface area contributed by atoms with Crippen LogP contribution in [-0.2, 0) is 6.42 Å². The zero-order valence-electron chi connectivity index (χ0n) is 9.17. The van der Waals surface area contributed by atoms with Gasteiger partial charge in [-0.05, 0) is 25.8 Å². The van der Waals surface area contributed by atoms with Gasteiger partial charge in [0.05, 0.1) is 7.11 Å². The van der Waals surface area contributed by atoms with Crippen molar-refractivity contribution < 1.29 is 9.84 Å². The van der Waals surface area contributed by atoms with Crippen LogP contribution in [0.4, 0.5) is 0 Å². The molecule has 1 unspecified atom stereocenters. The van der Waals surface area contributed by atoms with Crippen LogP contribution in [0.2, 0.25) is 5.02 Å². The number of hydrogen-bond acceptors (Lipinski definition) is 3. The SMILES string of the molecule is COc1cc(Cl)c(C)c(CC(C)N)c1O. The first-order valence-corrected chi connectivity index (χ1v) is 5.15. The lowest BCUT2D eigenvalue weighted by Crippen LogP contribution is -2.18. The van der Waals surface area contributed by atoms with E-state index in [4.69, 9.17) is 22.1 Å². The van der Waals surface area contributed by atoms with Crippen LogP contribution >= 0.6 is 11.6 Å². The van der Waals surface area contributed by atoms with Gasteiger partial charge >= 0.3 is 0 Å². The average Bonchev–Trinajstić information content (AvgIpc) is 2.18. The van der Waals surface area contributed by atoms with Gasteiger partial charge in [-0.1, -0.05) is 11.6 Å². The Morgan fingerprint density at radius 2 is 2.20 bits per heavy atom. The summed E-state index contributed by atoms with van der Waals surface area (Å²) in [4.78, 5) is 0. The molecule has 0 spiro atoms. The highest BCUT2D eigenvalue weighted by molar-refractivity contribution is 6.31. The molecule has 0 aromatic heterocycles. The smallest absolute Gasteiger partial charge is 0.162 e. The molecule has 3 nitrogen and oxygen atoms in total. The molecule has 4 heteroatoms. The molecule has 84 valence electrons. The molecule has 1 aromatic carbocycles. The molecule has 0 amide bonds. The van der Waals surface area contributed by atoms with Gasteiger partial charge in [-0.3, -0.25) is 0 Å². The van der Waals surface area contributed by atoms with Crippen molar-refractivity contribution in [3.8, 4) is 11.5 Å². The molecule has 1 rings (SSSR count). The topological polar surface area (TPSA) is 55.5 Å². The molecule has 0 aliphatic heterocycles.